The summed E-state index contributed by atoms with van der Waals surface area (Å²) in [4.78, 5) is 12.6. The summed E-state index contributed by atoms with van der Waals surface area (Å²) in [6.45, 7) is 0.211. The molecule has 146 valence electrons. The van der Waals surface area contributed by atoms with Gasteiger partial charge < -0.3 is 9.47 Å². The number of amides is 1. The van der Waals surface area contributed by atoms with E-state index in [1.807, 2.05) is 42.5 Å². The Balaban J connectivity index is 1.78. The van der Waals surface area contributed by atoms with E-state index in [0.717, 1.165) is 29.2 Å². The summed E-state index contributed by atoms with van der Waals surface area (Å²) in [5.74, 6) is 3.35. The van der Waals surface area contributed by atoms with E-state index in [0.29, 0.717) is 11.3 Å². The van der Waals surface area contributed by atoms with Crippen LogP contribution < -0.4 is 14.9 Å². The molecule has 1 amide bonds. The molecule has 1 N–H and O–H groups in total. The van der Waals surface area contributed by atoms with E-state index in [2.05, 4.69) is 61.6 Å². The second-order valence-electron chi connectivity index (χ2n) is 5.91. The summed E-state index contributed by atoms with van der Waals surface area (Å²) < 4.78 is 12.7. The Morgan fingerprint density at radius 3 is 2.45 bits per heavy atom. The van der Waals surface area contributed by atoms with Gasteiger partial charge in [0.25, 0.3) is 5.91 Å². The van der Waals surface area contributed by atoms with Gasteiger partial charge in [0.05, 0.1) is 26.0 Å². The number of terminal acetylenes is 1. The average molecular weight is 610 g/mol. The number of benzene rings is 3. The minimum absolute atomic E-state index is 0.211. The smallest absolute Gasteiger partial charge is 0.275 e. The molecule has 7 heteroatoms. The zero-order chi connectivity index (χ0) is 20.8. The molecule has 0 aliphatic carbocycles. The quantitative estimate of drug-likeness (QED) is 0.188. The van der Waals surface area contributed by atoms with Gasteiger partial charge in [0.1, 0.15) is 18.1 Å². The number of carbonyl (C=O) groups is 1. The van der Waals surface area contributed by atoms with Crippen molar-refractivity contribution in [3.8, 4) is 23.8 Å². The number of ether oxygens (including phenoxy) is 2. The van der Waals surface area contributed by atoms with Gasteiger partial charge >= 0.3 is 0 Å². The number of nitrogens with one attached hydrogen (secondary N) is 1. The van der Waals surface area contributed by atoms with Crippen molar-refractivity contribution in [2.45, 2.75) is 0 Å². The molecule has 0 unspecified atom stereocenters. The van der Waals surface area contributed by atoms with Crippen molar-refractivity contribution in [3.63, 3.8) is 0 Å². The third-order valence-corrected chi connectivity index (χ3v) is 5.62. The van der Waals surface area contributed by atoms with Crippen LogP contribution in [0.15, 0.2) is 53.6 Å². The number of hydrogen-bond donors (Lipinski definition) is 1. The molecule has 0 aliphatic rings. The van der Waals surface area contributed by atoms with Gasteiger partial charge in [0.15, 0.2) is 0 Å². The maximum Gasteiger partial charge on any atom is 0.275 e. The Morgan fingerprint density at radius 1 is 1.17 bits per heavy atom. The average Bonchev–Trinajstić information content (AvgIpc) is 2.72. The summed E-state index contributed by atoms with van der Waals surface area (Å²) in [5, 5.41) is 6.04. The lowest BCUT2D eigenvalue weighted by molar-refractivity contribution is 0.0952. The first-order valence-corrected chi connectivity index (χ1v) is 10.6. The number of methoxy groups -OCH3 is 1. The van der Waals surface area contributed by atoms with E-state index in [9.17, 15) is 4.79 Å². The summed E-state index contributed by atoms with van der Waals surface area (Å²) in [6.07, 6.45) is 6.83. The second kappa shape index (κ2) is 9.93. The van der Waals surface area contributed by atoms with Crippen molar-refractivity contribution in [1.82, 2.24) is 5.43 Å². The highest BCUT2D eigenvalue weighted by molar-refractivity contribution is 14.1. The zero-order valence-electron chi connectivity index (χ0n) is 15.4. The Labute approximate surface area is 196 Å². The predicted molar refractivity (Wildman–Crippen MR) is 132 cm³/mol. The van der Waals surface area contributed by atoms with Crippen LogP contribution in [0.3, 0.4) is 0 Å². The molecule has 0 fully saturated rings. The van der Waals surface area contributed by atoms with E-state index in [-0.39, 0.29) is 12.5 Å². The highest BCUT2D eigenvalue weighted by Gasteiger charge is 2.13. The van der Waals surface area contributed by atoms with Crippen molar-refractivity contribution in [2.24, 2.45) is 5.10 Å². The van der Waals surface area contributed by atoms with E-state index >= 15 is 0 Å². The number of fused-ring (bicyclic) bond motifs is 1. The van der Waals surface area contributed by atoms with Crippen molar-refractivity contribution in [3.05, 3.63) is 66.8 Å². The molecule has 0 spiro atoms. The minimum atomic E-state index is -0.345. The normalized spacial score (nSPS) is 10.7. The summed E-state index contributed by atoms with van der Waals surface area (Å²) in [7, 11) is 1.54. The van der Waals surface area contributed by atoms with Gasteiger partial charge in [0.2, 0.25) is 0 Å². The third-order valence-electron chi connectivity index (χ3n) is 4.01. The Bertz CT molecular complexity index is 1110. The van der Waals surface area contributed by atoms with E-state index < -0.39 is 0 Å². The Morgan fingerprint density at radius 2 is 1.83 bits per heavy atom. The molecule has 29 heavy (non-hydrogen) atoms. The van der Waals surface area contributed by atoms with E-state index in [4.69, 9.17) is 15.9 Å². The molecule has 0 aliphatic heterocycles. The number of carbonyl (C=O) groups excluding carboxylic acids is 1. The van der Waals surface area contributed by atoms with Crippen molar-refractivity contribution < 1.29 is 14.3 Å². The molecule has 3 aromatic rings. The predicted octanol–water partition coefficient (Wildman–Crippen LogP) is 4.83. The van der Waals surface area contributed by atoms with Gasteiger partial charge in [-0.05, 0) is 85.8 Å². The molecule has 3 rings (SSSR count). The lowest BCUT2D eigenvalue weighted by Gasteiger charge is -2.10. The molecule has 0 heterocycles. The van der Waals surface area contributed by atoms with Gasteiger partial charge in [-0.25, -0.2) is 5.43 Å². The highest BCUT2D eigenvalue weighted by atomic mass is 127. The Kier molecular flexibility index (Phi) is 7.33. The number of rotatable bonds is 6. The van der Waals surface area contributed by atoms with Crippen LogP contribution in [0, 0.1) is 19.5 Å². The molecule has 0 aromatic heterocycles. The number of hydrazone groups is 1. The minimum Gasteiger partial charge on any atom is -0.496 e. The molecule has 0 bridgehead atoms. The van der Waals surface area contributed by atoms with Gasteiger partial charge in [-0.3, -0.25) is 4.79 Å². The first-order chi connectivity index (χ1) is 14.0. The van der Waals surface area contributed by atoms with Gasteiger partial charge in [-0.1, -0.05) is 30.2 Å². The topological polar surface area (TPSA) is 59.9 Å². The summed E-state index contributed by atoms with van der Waals surface area (Å²) in [6, 6.07) is 15.2. The lowest BCUT2D eigenvalue weighted by Crippen LogP contribution is -2.18. The number of hydrogen-bond acceptors (Lipinski definition) is 4. The largest absolute Gasteiger partial charge is 0.496 e. The van der Waals surface area contributed by atoms with Crippen LogP contribution >= 0.6 is 45.2 Å². The van der Waals surface area contributed by atoms with Crippen molar-refractivity contribution in [1.29, 1.82) is 0 Å². The first kappa shape index (κ1) is 21.4. The second-order valence-corrected chi connectivity index (χ2v) is 8.23. The zero-order valence-corrected chi connectivity index (χ0v) is 19.7. The van der Waals surface area contributed by atoms with Crippen LogP contribution in [-0.4, -0.2) is 25.8 Å². The molecule has 3 aromatic carbocycles. The van der Waals surface area contributed by atoms with Crippen LogP contribution in [0.1, 0.15) is 15.9 Å². The molecule has 0 atom stereocenters. The molecular formula is C22H16I2N2O3. The van der Waals surface area contributed by atoms with Gasteiger partial charge in [-0.15, -0.1) is 6.42 Å². The number of halogens is 2. The molecule has 5 nitrogen and oxygen atoms in total. The lowest BCUT2D eigenvalue weighted by atomic mass is 10.1. The van der Waals surface area contributed by atoms with Crippen LogP contribution in [0.4, 0.5) is 0 Å². The number of nitrogens with zero attached hydrogens (tertiary/aromatic N) is 1. The van der Waals surface area contributed by atoms with E-state index in [1.54, 1.807) is 12.3 Å². The first-order valence-electron chi connectivity index (χ1n) is 8.49. The van der Waals surface area contributed by atoms with Crippen LogP contribution in [0.2, 0.25) is 0 Å². The van der Waals surface area contributed by atoms with Crippen molar-refractivity contribution >= 4 is 68.1 Å². The maximum atomic E-state index is 12.6. The van der Waals surface area contributed by atoms with Crippen LogP contribution in [-0.2, 0) is 0 Å². The monoisotopic (exact) mass is 610 g/mol. The SMILES string of the molecule is C#CCOc1c(I)cc(/C=N\NC(=O)c2cc3ccccc3cc2OC)cc1I. The fraction of sp³-hybridized carbons (Fsp3) is 0.0909. The van der Waals surface area contributed by atoms with E-state index in [1.165, 1.54) is 7.11 Å². The molecule has 0 radical (unpaired) electrons. The summed E-state index contributed by atoms with van der Waals surface area (Å²) >= 11 is 4.36. The summed E-state index contributed by atoms with van der Waals surface area (Å²) in [5.41, 5.74) is 3.82. The standard InChI is InChI=1S/C22H16I2N2O3/c1-3-8-29-21-18(23)9-14(10-19(21)24)13-25-26-22(27)17-11-15-6-4-5-7-16(15)12-20(17)28-2/h1,4-7,9-13H,8H2,2H3,(H,26,27)/b25-13-. The van der Waals surface area contributed by atoms with Crippen LogP contribution in [0.25, 0.3) is 10.8 Å². The fourth-order valence-electron chi connectivity index (χ4n) is 2.70. The van der Waals surface area contributed by atoms with Gasteiger partial charge in [0, 0.05) is 0 Å². The van der Waals surface area contributed by atoms with Gasteiger partial charge in [-0.2, -0.15) is 5.10 Å². The van der Waals surface area contributed by atoms with Crippen LogP contribution in [0.5, 0.6) is 11.5 Å². The molecule has 0 saturated carbocycles. The third kappa shape index (κ3) is 5.19. The maximum absolute atomic E-state index is 12.6. The van der Waals surface area contributed by atoms with Crippen molar-refractivity contribution in [2.75, 3.05) is 13.7 Å². The highest BCUT2D eigenvalue weighted by Crippen LogP contribution is 2.29. The Hall–Kier alpha value is -2.32. The molecule has 0 saturated heterocycles. The fourth-order valence-corrected chi connectivity index (χ4v) is 4.82. The molecular weight excluding hydrogens is 594 g/mol.